The van der Waals surface area contributed by atoms with Gasteiger partial charge in [-0.05, 0) is 18.8 Å². The van der Waals surface area contributed by atoms with Gasteiger partial charge in [-0.3, -0.25) is 4.99 Å². The SMILES string of the molecule is COC1=NC[C@@H]2CCCC[C@@H]12. The summed E-state index contributed by atoms with van der Waals surface area (Å²) in [7, 11) is 1.75. The summed E-state index contributed by atoms with van der Waals surface area (Å²) < 4.78 is 5.23. The summed E-state index contributed by atoms with van der Waals surface area (Å²) in [6, 6.07) is 0. The first-order valence-corrected chi connectivity index (χ1v) is 4.50. The number of hydrogen-bond acceptors (Lipinski definition) is 2. The van der Waals surface area contributed by atoms with E-state index in [0.29, 0.717) is 5.92 Å². The average molecular weight is 153 g/mol. The van der Waals surface area contributed by atoms with E-state index in [1.54, 1.807) is 7.11 Å². The van der Waals surface area contributed by atoms with Gasteiger partial charge in [0, 0.05) is 12.5 Å². The van der Waals surface area contributed by atoms with Crippen molar-refractivity contribution in [2.24, 2.45) is 16.8 Å². The molecule has 1 aliphatic heterocycles. The fourth-order valence-electron chi connectivity index (χ4n) is 2.29. The van der Waals surface area contributed by atoms with Gasteiger partial charge in [0.05, 0.1) is 7.11 Å². The van der Waals surface area contributed by atoms with E-state index in [2.05, 4.69) is 4.99 Å². The van der Waals surface area contributed by atoms with Crippen molar-refractivity contribution in [2.45, 2.75) is 25.7 Å². The van der Waals surface area contributed by atoms with Crippen LogP contribution >= 0.6 is 0 Å². The van der Waals surface area contributed by atoms with Crippen molar-refractivity contribution in [3.8, 4) is 0 Å². The predicted molar refractivity (Wildman–Crippen MR) is 44.8 cm³/mol. The van der Waals surface area contributed by atoms with Gasteiger partial charge in [-0.2, -0.15) is 0 Å². The third-order valence-corrected chi connectivity index (χ3v) is 2.92. The molecule has 62 valence electrons. The van der Waals surface area contributed by atoms with E-state index in [4.69, 9.17) is 4.74 Å². The van der Waals surface area contributed by atoms with Gasteiger partial charge < -0.3 is 4.74 Å². The van der Waals surface area contributed by atoms with Gasteiger partial charge >= 0.3 is 0 Å². The van der Waals surface area contributed by atoms with Crippen LogP contribution in [0.4, 0.5) is 0 Å². The zero-order chi connectivity index (χ0) is 7.68. The quantitative estimate of drug-likeness (QED) is 0.520. The highest BCUT2D eigenvalue weighted by Gasteiger charge is 2.33. The minimum Gasteiger partial charge on any atom is -0.484 e. The van der Waals surface area contributed by atoms with Gasteiger partial charge in [0.1, 0.15) is 0 Å². The van der Waals surface area contributed by atoms with E-state index in [9.17, 15) is 0 Å². The van der Waals surface area contributed by atoms with Crippen molar-refractivity contribution < 1.29 is 4.74 Å². The molecule has 0 aromatic rings. The Bertz CT molecular complexity index is 176. The molecule has 0 bridgehead atoms. The minimum absolute atomic E-state index is 0.675. The summed E-state index contributed by atoms with van der Waals surface area (Å²) in [5, 5.41) is 0. The molecule has 0 spiro atoms. The number of fused-ring (bicyclic) bond motifs is 1. The second-order valence-electron chi connectivity index (χ2n) is 3.53. The molecule has 0 N–H and O–H groups in total. The molecule has 0 saturated heterocycles. The molecule has 2 rings (SSSR count). The van der Waals surface area contributed by atoms with Crippen LogP contribution in [0.15, 0.2) is 4.99 Å². The fourth-order valence-corrected chi connectivity index (χ4v) is 2.29. The lowest BCUT2D eigenvalue weighted by atomic mass is 9.81. The maximum atomic E-state index is 5.23. The Labute approximate surface area is 67.7 Å². The molecule has 1 saturated carbocycles. The molecule has 2 aliphatic rings. The number of rotatable bonds is 0. The molecule has 2 heteroatoms. The van der Waals surface area contributed by atoms with Crippen LogP contribution in [0.1, 0.15) is 25.7 Å². The highest BCUT2D eigenvalue weighted by atomic mass is 16.5. The lowest BCUT2D eigenvalue weighted by Gasteiger charge is -2.24. The fraction of sp³-hybridized carbons (Fsp3) is 0.889. The van der Waals surface area contributed by atoms with E-state index in [-0.39, 0.29) is 0 Å². The molecule has 11 heavy (non-hydrogen) atoms. The standard InChI is InChI=1S/C9H15NO/c1-11-9-8-5-3-2-4-7(8)6-10-9/h7-8H,2-6H2,1H3/t7-,8+/m0/s1. The molecule has 2 nitrogen and oxygen atoms in total. The monoisotopic (exact) mass is 153 g/mol. The van der Waals surface area contributed by atoms with Crippen molar-refractivity contribution in [2.75, 3.05) is 13.7 Å². The summed E-state index contributed by atoms with van der Waals surface area (Å²) in [6.07, 6.45) is 5.43. The van der Waals surface area contributed by atoms with Crippen LogP contribution in [0.2, 0.25) is 0 Å². The van der Waals surface area contributed by atoms with E-state index in [1.807, 2.05) is 0 Å². The van der Waals surface area contributed by atoms with Crippen LogP contribution in [0.25, 0.3) is 0 Å². The molecular formula is C9H15NO. The highest BCUT2D eigenvalue weighted by Crippen LogP contribution is 2.35. The number of ether oxygens (including phenoxy) is 1. The largest absolute Gasteiger partial charge is 0.484 e. The van der Waals surface area contributed by atoms with Gasteiger partial charge in [-0.1, -0.05) is 12.8 Å². The van der Waals surface area contributed by atoms with Gasteiger partial charge in [-0.15, -0.1) is 0 Å². The normalized spacial score (nSPS) is 36.3. The summed E-state index contributed by atoms with van der Waals surface area (Å²) >= 11 is 0. The Morgan fingerprint density at radius 2 is 2.18 bits per heavy atom. The molecular weight excluding hydrogens is 138 g/mol. The van der Waals surface area contributed by atoms with E-state index >= 15 is 0 Å². The number of hydrogen-bond donors (Lipinski definition) is 0. The first-order valence-electron chi connectivity index (χ1n) is 4.50. The van der Waals surface area contributed by atoms with Crippen LogP contribution in [-0.4, -0.2) is 19.6 Å². The highest BCUT2D eigenvalue weighted by molar-refractivity contribution is 5.80. The third kappa shape index (κ3) is 1.15. The molecule has 0 amide bonds. The summed E-state index contributed by atoms with van der Waals surface area (Å²) in [5.41, 5.74) is 0. The Morgan fingerprint density at radius 3 is 3.00 bits per heavy atom. The molecule has 0 aromatic carbocycles. The Hall–Kier alpha value is -0.530. The lowest BCUT2D eigenvalue weighted by molar-refractivity contribution is 0.286. The minimum atomic E-state index is 0.675. The molecule has 0 unspecified atom stereocenters. The summed E-state index contributed by atoms with van der Waals surface area (Å²) in [5.74, 6) is 2.52. The van der Waals surface area contributed by atoms with Crippen LogP contribution in [0, 0.1) is 11.8 Å². The Morgan fingerprint density at radius 1 is 1.36 bits per heavy atom. The summed E-state index contributed by atoms with van der Waals surface area (Å²) in [6.45, 7) is 1.02. The molecule has 1 heterocycles. The van der Waals surface area contributed by atoms with E-state index in [1.165, 1.54) is 25.7 Å². The maximum absolute atomic E-state index is 5.23. The molecule has 2 atom stereocenters. The molecule has 0 radical (unpaired) electrons. The van der Waals surface area contributed by atoms with Gasteiger partial charge in [-0.25, -0.2) is 0 Å². The van der Waals surface area contributed by atoms with Gasteiger partial charge in [0.15, 0.2) is 5.90 Å². The van der Waals surface area contributed by atoms with Crippen LogP contribution in [-0.2, 0) is 4.74 Å². The number of methoxy groups -OCH3 is 1. The molecule has 1 aliphatic carbocycles. The van der Waals surface area contributed by atoms with Crippen LogP contribution in [0.5, 0.6) is 0 Å². The van der Waals surface area contributed by atoms with Gasteiger partial charge in [0.25, 0.3) is 0 Å². The first-order chi connectivity index (χ1) is 5.42. The average Bonchev–Trinajstić information content (AvgIpc) is 2.47. The van der Waals surface area contributed by atoms with E-state index < -0.39 is 0 Å². The zero-order valence-corrected chi connectivity index (χ0v) is 7.05. The Kier molecular flexibility index (Phi) is 1.84. The zero-order valence-electron chi connectivity index (χ0n) is 7.05. The van der Waals surface area contributed by atoms with Crippen LogP contribution < -0.4 is 0 Å². The third-order valence-electron chi connectivity index (χ3n) is 2.92. The second kappa shape index (κ2) is 2.84. The van der Waals surface area contributed by atoms with Gasteiger partial charge in [0.2, 0.25) is 0 Å². The topological polar surface area (TPSA) is 21.6 Å². The maximum Gasteiger partial charge on any atom is 0.186 e. The number of aliphatic imine (C=N–C) groups is 1. The second-order valence-corrected chi connectivity index (χ2v) is 3.53. The predicted octanol–water partition coefficient (Wildman–Crippen LogP) is 1.85. The van der Waals surface area contributed by atoms with E-state index in [0.717, 1.165) is 18.4 Å². The van der Waals surface area contributed by atoms with Crippen LogP contribution in [0.3, 0.4) is 0 Å². The smallest absolute Gasteiger partial charge is 0.186 e. The van der Waals surface area contributed by atoms with Crippen molar-refractivity contribution in [1.82, 2.24) is 0 Å². The Balaban J connectivity index is 2.05. The molecule has 0 aromatic heterocycles. The number of nitrogens with zero attached hydrogens (tertiary/aromatic N) is 1. The molecule has 1 fully saturated rings. The van der Waals surface area contributed by atoms with Crippen molar-refractivity contribution in [1.29, 1.82) is 0 Å². The van der Waals surface area contributed by atoms with Crippen molar-refractivity contribution >= 4 is 5.90 Å². The summed E-state index contributed by atoms with van der Waals surface area (Å²) in [4.78, 5) is 4.39. The van der Waals surface area contributed by atoms with Crippen molar-refractivity contribution in [3.05, 3.63) is 0 Å². The lowest BCUT2D eigenvalue weighted by Crippen LogP contribution is -2.23. The van der Waals surface area contributed by atoms with Crippen molar-refractivity contribution in [3.63, 3.8) is 0 Å². The first kappa shape index (κ1) is 7.14.